The normalized spacial score (nSPS) is 16.5. The highest BCUT2D eigenvalue weighted by Crippen LogP contribution is 2.27. The maximum atomic E-state index is 12.4. The van der Waals surface area contributed by atoms with Crippen LogP contribution in [0, 0.1) is 5.92 Å². The standard InChI is InChI=1S/C15H15NO3S/c17-14(16-7-5-10(6-8-16)15(18)19)13-9-11-3-1-2-4-12(11)20-13/h1-4,9-10H,5-8H2,(H,18,19). The Kier molecular flexibility index (Phi) is 3.44. The molecule has 0 aliphatic carbocycles. The van der Waals surface area contributed by atoms with Gasteiger partial charge in [0.05, 0.1) is 10.8 Å². The van der Waals surface area contributed by atoms with Crippen molar-refractivity contribution < 1.29 is 14.7 Å². The number of carboxylic acids is 1. The molecule has 0 radical (unpaired) electrons. The number of likely N-dealkylation sites (tertiary alicyclic amines) is 1. The molecule has 1 aromatic heterocycles. The van der Waals surface area contributed by atoms with Crippen LogP contribution in [0.3, 0.4) is 0 Å². The summed E-state index contributed by atoms with van der Waals surface area (Å²) in [4.78, 5) is 25.9. The number of carbonyl (C=O) groups is 2. The number of thiophene rings is 1. The molecule has 2 heterocycles. The van der Waals surface area contributed by atoms with Gasteiger partial charge < -0.3 is 10.0 Å². The molecule has 0 spiro atoms. The number of fused-ring (bicyclic) bond motifs is 1. The Hall–Kier alpha value is -1.88. The fourth-order valence-corrected chi connectivity index (χ4v) is 3.60. The Morgan fingerprint density at radius 2 is 1.90 bits per heavy atom. The maximum Gasteiger partial charge on any atom is 0.306 e. The maximum absolute atomic E-state index is 12.4. The summed E-state index contributed by atoms with van der Waals surface area (Å²) < 4.78 is 1.11. The largest absolute Gasteiger partial charge is 0.481 e. The van der Waals surface area contributed by atoms with Crippen LogP contribution in [0.15, 0.2) is 30.3 Å². The predicted molar refractivity (Wildman–Crippen MR) is 78.1 cm³/mol. The van der Waals surface area contributed by atoms with Gasteiger partial charge in [-0.2, -0.15) is 0 Å². The van der Waals surface area contributed by atoms with E-state index in [1.165, 1.54) is 11.3 Å². The summed E-state index contributed by atoms with van der Waals surface area (Å²) in [6, 6.07) is 9.85. The third-order valence-corrected chi connectivity index (χ3v) is 4.87. The third kappa shape index (κ3) is 2.41. The number of benzene rings is 1. The molecule has 0 bridgehead atoms. The molecule has 0 unspecified atom stereocenters. The minimum absolute atomic E-state index is 0.0232. The monoisotopic (exact) mass is 289 g/mol. The molecule has 1 saturated heterocycles. The van der Waals surface area contributed by atoms with Crippen molar-refractivity contribution in [3.8, 4) is 0 Å². The van der Waals surface area contributed by atoms with Gasteiger partial charge in [0.25, 0.3) is 5.91 Å². The van der Waals surface area contributed by atoms with Gasteiger partial charge in [-0.3, -0.25) is 9.59 Å². The summed E-state index contributed by atoms with van der Waals surface area (Å²) in [5, 5.41) is 10.1. The number of carboxylic acid groups (broad SMARTS) is 1. The molecular weight excluding hydrogens is 274 g/mol. The first-order valence-corrected chi connectivity index (χ1v) is 7.47. The van der Waals surface area contributed by atoms with Gasteiger partial charge in [0.1, 0.15) is 0 Å². The number of hydrogen-bond donors (Lipinski definition) is 1. The van der Waals surface area contributed by atoms with E-state index in [9.17, 15) is 9.59 Å². The highest BCUT2D eigenvalue weighted by Gasteiger charge is 2.28. The number of rotatable bonds is 2. The Morgan fingerprint density at radius 3 is 2.55 bits per heavy atom. The van der Waals surface area contributed by atoms with Crippen molar-refractivity contribution in [1.29, 1.82) is 0 Å². The molecule has 0 saturated carbocycles. The molecule has 1 aromatic carbocycles. The molecule has 4 nitrogen and oxygen atoms in total. The average molecular weight is 289 g/mol. The molecule has 1 aliphatic heterocycles. The molecule has 0 atom stereocenters. The van der Waals surface area contributed by atoms with Crippen LogP contribution < -0.4 is 0 Å². The quantitative estimate of drug-likeness (QED) is 0.925. The van der Waals surface area contributed by atoms with E-state index in [0.717, 1.165) is 15.0 Å². The molecule has 1 fully saturated rings. The lowest BCUT2D eigenvalue weighted by Crippen LogP contribution is -2.39. The van der Waals surface area contributed by atoms with Crippen molar-refractivity contribution in [2.45, 2.75) is 12.8 Å². The number of piperidine rings is 1. The zero-order valence-corrected chi connectivity index (χ0v) is 11.7. The molecule has 20 heavy (non-hydrogen) atoms. The number of amides is 1. The highest BCUT2D eigenvalue weighted by molar-refractivity contribution is 7.20. The van der Waals surface area contributed by atoms with Gasteiger partial charge in [-0.05, 0) is 30.4 Å². The van der Waals surface area contributed by atoms with Gasteiger partial charge in [0.2, 0.25) is 0 Å². The lowest BCUT2D eigenvalue weighted by molar-refractivity contribution is -0.143. The van der Waals surface area contributed by atoms with E-state index in [0.29, 0.717) is 25.9 Å². The number of hydrogen-bond acceptors (Lipinski definition) is 3. The zero-order chi connectivity index (χ0) is 14.1. The van der Waals surface area contributed by atoms with E-state index in [1.54, 1.807) is 4.90 Å². The Bertz CT molecular complexity index is 623. The van der Waals surface area contributed by atoms with Crippen LogP contribution in [0.25, 0.3) is 10.1 Å². The van der Waals surface area contributed by atoms with Gasteiger partial charge in [-0.1, -0.05) is 18.2 Å². The molecule has 1 N–H and O–H groups in total. The van der Waals surface area contributed by atoms with Gasteiger partial charge in [-0.15, -0.1) is 11.3 Å². The Labute approximate surface area is 120 Å². The topological polar surface area (TPSA) is 57.6 Å². The lowest BCUT2D eigenvalue weighted by Gasteiger charge is -2.29. The number of nitrogens with zero attached hydrogens (tertiary/aromatic N) is 1. The molecular formula is C15H15NO3S. The van der Waals surface area contributed by atoms with Crippen LogP contribution in [0.4, 0.5) is 0 Å². The second-order valence-electron chi connectivity index (χ2n) is 5.05. The molecule has 1 aliphatic rings. The first kappa shape index (κ1) is 13.1. The fraction of sp³-hybridized carbons (Fsp3) is 0.333. The molecule has 104 valence electrons. The molecule has 2 aromatic rings. The van der Waals surface area contributed by atoms with E-state index < -0.39 is 5.97 Å². The predicted octanol–water partition coefficient (Wildman–Crippen LogP) is 2.84. The zero-order valence-electron chi connectivity index (χ0n) is 10.9. The van der Waals surface area contributed by atoms with Crippen molar-refractivity contribution in [3.05, 3.63) is 35.2 Å². The van der Waals surface area contributed by atoms with Crippen LogP contribution in [-0.2, 0) is 4.79 Å². The smallest absolute Gasteiger partial charge is 0.306 e. The third-order valence-electron chi connectivity index (χ3n) is 3.77. The van der Waals surface area contributed by atoms with Crippen LogP contribution in [0.1, 0.15) is 22.5 Å². The summed E-state index contributed by atoms with van der Waals surface area (Å²) >= 11 is 1.50. The molecule has 3 rings (SSSR count). The van der Waals surface area contributed by atoms with Crippen molar-refractivity contribution in [2.75, 3.05) is 13.1 Å². The molecule has 5 heteroatoms. The second-order valence-corrected chi connectivity index (χ2v) is 6.14. The highest BCUT2D eigenvalue weighted by atomic mass is 32.1. The number of carbonyl (C=O) groups excluding carboxylic acids is 1. The van der Waals surface area contributed by atoms with Crippen LogP contribution >= 0.6 is 11.3 Å². The van der Waals surface area contributed by atoms with Crippen molar-refractivity contribution in [2.24, 2.45) is 5.92 Å². The van der Waals surface area contributed by atoms with Crippen LogP contribution in [0.5, 0.6) is 0 Å². The van der Waals surface area contributed by atoms with E-state index in [4.69, 9.17) is 5.11 Å². The first-order valence-electron chi connectivity index (χ1n) is 6.66. The summed E-state index contributed by atoms with van der Waals surface area (Å²) in [5.74, 6) is -1.03. The summed E-state index contributed by atoms with van der Waals surface area (Å²) in [7, 11) is 0. The van der Waals surface area contributed by atoms with Crippen molar-refractivity contribution in [3.63, 3.8) is 0 Å². The summed E-state index contributed by atoms with van der Waals surface area (Å²) in [6.07, 6.45) is 1.10. The van der Waals surface area contributed by atoms with Crippen LogP contribution in [0.2, 0.25) is 0 Å². The average Bonchev–Trinajstić information content (AvgIpc) is 2.90. The van der Waals surface area contributed by atoms with Gasteiger partial charge in [0, 0.05) is 17.8 Å². The summed E-state index contributed by atoms with van der Waals surface area (Å²) in [5.41, 5.74) is 0. The Morgan fingerprint density at radius 1 is 1.20 bits per heavy atom. The SMILES string of the molecule is O=C(O)C1CCN(C(=O)c2cc3ccccc3s2)CC1. The van der Waals surface area contributed by atoms with Crippen molar-refractivity contribution in [1.82, 2.24) is 4.90 Å². The van der Waals surface area contributed by atoms with E-state index >= 15 is 0 Å². The van der Waals surface area contributed by atoms with Crippen molar-refractivity contribution >= 4 is 33.3 Å². The fourth-order valence-electron chi connectivity index (χ4n) is 2.57. The lowest BCUT2D eigenvalue weighted by atomic mass is 9.97. The molecule has 1 amide bonds. The summed E-state index contributed by atoms with van der Waals surface area (Å²) in [6.45, 7) is 1.06. The Balaban J connectivity index is 1.75. The van der Waals surface area contributed by atoms with E-state index in [1.807, 2.05) is 30.3 Å². The second kappa shape index (κ2) is 5.25. The first-order chi connectivity index (χ1) is 9.65. The van der Waals surface area contributed by atoms with E-state index in [2.05, 4.69) is 0 Å². The minimum atomic E-state index is -0.751. The number of aliphatic carboxylic acids is 1. The van der Waals surface area contributed by atoms with Gasteiger partial charge >= 0.3 is 5.97 Å². The van der Waals surface area contributed by atoms with Crippen LogP contribution in [-0.4, -0.2) is 35.0 Å². The van der Waals surface area contributed by atoms with E-state index in [-0.39, 0.29) is 11.8 Å². The minimum Gasteiger partial charge on any atom is -0.481 e. The van der Waals surface area contributed by atoms with Gasteiger partial charge in [-0.25, -0.2) is 0 Å². The van der Waals surface area contributed by atoms with Gasteiger partial charge in [0.15, 0.2) is 0 Å².